The molecule has 36 heavy (non-hydrogen) atoms. The molecule has 1 saturated carbocycles. The molecule has 0 radical (unpaired) electrons. The topological polar surface area (TPSA) is 91.3 Å². The van der Waals surface area contributed by atoms with Gasteiger partial charge in [-0.1, -0.05) is 26.0 Å². The van der Waals surface area contributed by atoms with Crippen LogP contribution >= 0.6 is 0 Å². The largest absolute Gasteiger partial charge is 0.480 e. The maximum Gasteiger partial charge on any atom is 0.317 e. The Balaban J connectivity index is 1.46. The van der Waals surface area contributed by atoms with Crippen LogP contribution in [0.2, 0.25) is 0 Å². The molecule has 2 aromatic carbocycles. The van der Waals surface area contributed by atoms with Crippen molar-refractivity contribution < 1.29 is 19.0 Å². The van der Waals surface area contributed by atoms with Gasteiger partial charge in [-0.3, -0.25) is 14.8 Å². The van der Waals surface area contributed by atoms with Crippen LogP contribution in [0.3, 0.4) is 0 Å². The number of rotatable bonds is 6. The fourth-order valence-corrected chi connectivity index (χ4v) is 5.93. The van der Waals surface area contributed by atoms with E-state index in [-0.39, 0.29) is 29.8 Å². The number of H-pyrrole nitrogens is 1. The number of nitrogens with one attached hydrogen (secondary N) is 1. The lowest BCUT2D eigenvalue weighted by atomic mass is 9.65. The van der Waals surface area contributed by atoms with Crippen LogP contribution in [0.5, 0.6) is 5.88 Å². The van der Waals surface area contributed by atoms with Crippen molar-refractivity contribution in [3.05, 3.63) is 54.1 Å². The predicted molar refractivity (Wildman–Crippen MR) is 136 cm³/mol. The van der Waals surface area contributed by atoms with Crippen LogP contribution in [0.15, 0.2) is 42.6 Å². The Morgan fingerprint density at radius 2 is 2.06 bits per heavy atom. The molecule has 1 aliphatic heterocycles. The van der Waals surface area contributed by atoms with Crippen LogP contribution in [0.1, 0.15) is 44.7 Å². The van der Waals surface area contributed by atoms with E-state index in [1.807, 2.05) is 11.0 Å². The molecule has 2 unspecified atom stereocenters. The van der Waals surface area contributed by atoms with Crippen LogP contribution < -0.4 is 4.74 Å². The number of aromatic amines is 1. The molecule has 1 spiro atoms. The average Bonchev–Trinajstić information content (AvgIpc) is 3.48. The van der Waals surface area contributed by atoms with Crippen LogP contribution in [0.25, 0.3) is 32.8 Å². The summed E-state index contributed by atoms with van der Waals surface area (Å²) in [5.41, 5.74) is 3.65. The number of benzene rings is 2. The minimum absolute atomic E-state index is 0.0128. The Labute approximate surface area is 208 Å². The second kappa shape index (κ2) is 8.55. The third-order valence-corrected chi connectivity index (χ3v) is 7.90. The fourth-order valence-electron chi connectivity index (χ4n) is 5.93. The molecule has 2 aliphatic rings. The third-order valence-electron chi connectivity index (χ3n) is 7.90. The number of carboxylic acids is 1. The van der Waals surface area contributed by atoms with E-state index in [4.69, 9.17) is 9.72 Å². The Hall–Kier alpha value is -3.52. The van der Waals surface area contributed by atoms with Crippen molar-refractivity contribution in [2.75, 3.05) is 19.6 Å². The Bertz CT molecular complexity index is 1470. The maximum absolute atomic E-state index is 13.8. The van der Waals surface area contributed by atoms with Gasteiger partial charge in [0.05, 0.1) is 24.0 Å². The number of nitrogens with zero attached hydrogens (tertiary/aromatic N) is 3. The molecule has 1 aliphatic carbocycles. The summed E-state index contributed by atoms with van der Waals surface area (Å²) in [6.45, 7) is 5.78. The van der Waals surface area contributed by atoms with Crippen LogP contribution in [-0.4, -0.2) is 56.9 Å². The van der Waals surface area contributed by atoms with Crippen molar-refractivity contribution >= 4 is 27.6 Å². The van der Waals surface area contributed by atoms with Gasteiger partial charge in [-0.05, 0) is 66.9 Å². The molecule has 0 amide bonds. The molecule has 2 aromatic heterocycles. The van der Waals surface area contributed by atoms with Gasteiger partial charge in [0.1, 0.15) is 11.9 Å². The first-order valence-electron chi connectivity index (χ1n) is 12.5. The first-order chi connectivity index (χ1) is 17.3. The molecule has 8 heteroatoms. The first-order valence-corrected chi connectivity index (χ1v) is 12.5. The average molecular weight is 489 g/mol. The summed E-state index contributed by atoms with van der Waals surface area (Å²) in [5, 5.41) is 19.4. The summed E-state index contributed by atoms with van der Waals surface area (Å²) >= 11 is 0. The summed E-state index contributed by atoms with van der Waals surface area (Å²) in [6, 6.07) is 10.7. The smallest absolute Gasteiger partial charge is 0.317 e. The Morgan fingerprint density at radius 1 is 1.25 bits per heavy atom. The lowest BCUT2D eigenvalue weighted by molar-refractivity contribution is -0.138. The van der Waals surface area contributed by atoms with E-state index in [2.05, 4.69) is 30.1 Å². The van der Waals surface area contributed by atoms with E-state index in [1.165, 1.54) is 12.1 Å². The highest BCUT2D eigenvalue weighted by Crippen LogP contribution is 2.51. The molecule has 186 valence electrons. The van der Waals surface area contributed by atoms with E-state index in [1.54, 1.807) is 18.3 Å². The minimum Gasteiger partial charge on any atom is -0.480 e. The van der Waals surface area contributed by atoms with Crippen LogP contribution in [-0.2, 0) is 4.79 Å². The fraction of sp³-hybridized carbons (Fsp3) is 0.393. The normalized spacial score (nSPS) is 22.1. The van der Waals surface area contributed by atoms with Gasteiger partial charge in [0.15, 0.2) is 0 Å². The van der Waals surface area contributed by atoms with Gasteiger partial charge in [-0.15, -0.1) is 0 Å². The zero-order chi connectivity index (χ0) is 25.0. The standard InChI is InChI=1S/C28H29FN4O3/c1-16(2)26-25(17-3-5-19(29)6-4-17)20-11-18-13-30-32-22(18)12-21(20)27(31-26)36-23-7-8-28(23)9-10-33(15-28)14-24(34)35/h3-6,11-13,16,23H,7-10,14-15H2,1-2H3,(H,30,32)(H,34,35). The van der Waals surface area contributed by atoms with Crippen molar-refractivity contribution in [2.45, 2.75) is 45.1 Å². The monoisotopic (exact) mass is 488 g/mol. The predicted octanol–water partition coefficient (Wildman–Crippen LogP) is 5.36. The molecule has 0 bridgehead atoms. The number of carbonyl (C=O) groups is 1. The minimum atomic E-state index is -0.793. The van der Waals surface area contributed by atoms with Gasteiger partial charge in [0.2, 0.25) is 5.88 Å². The molecular weight excluding hydrogens is 459 g/mol. The second-order valence-corrected chi connectivity index (χ2v) is 10.6. The number of likely N-dealkylation sites (tertiary alicyclic amines) is 1. The van der Waals surface area contributed by atoms with E-state index >= 15 is 0 Å². The molecule has 7 nitrogen and oxygen atoms in total. The van der Waals surface area contributed by atoms with Crippen LogP contribution in [0, 0.1) is 11.2 Å². The quantitative estimate of drug-likeness (QED) is 0.380. The SMILES string of the molecule is CC(C)c1nc(OC2CCC23CCN(CC(=O)O)C3)c2cc3[nH]ncc3cc2c1-c1ccc(F)cc1. The molecule has 6 rings (SSSR count). The molecule has 2 fully saturated rings. The van der Waals surface area contributed by atoms with Gasteiger partial charge in [0, 0.05) is 28.3 Å². The highest BCUT2D eigenvalue weighted by molar-refractivity contribution is 6.06. The number of aromatic nitrogens is 3. The van der Waals surface area contributed by atoms with E-state index in [9.17, 15) is 14.3 Å². The Morgan fingerprint density at radius 3 is 2.75 bits per heavy atom. The van der Waals surface area contributed by atoms with Gasteiger partial charge >= 0.3 is 5.97 Å². The zero-order valence-corrected chi connectivity index (χ0v) is 20.4. The lowest BCUT2D eigenvalue weighted by Gasteiger charge is -2.46. The highest BCUT2D eigenvalue weighted by Gasteiger charge is 2.52. The first kappa shape index (κ1) is 22.9. The number of pyridine rings is 1. The number of hydrogen-bond acceptors (Lipinski definition) is 5. The second-order valence-electron chi connectivity index (χ2n) is 10.6. The summed E-state index contributed by atoms with van der Waals surface area (Å²) in [6.07, 6.45) is 4.67. The summed E-state index contributed by atoms with van der Waals surface area (Å²) in [5.74, 6) is -0.359. The molecule has 3 heterocycles. The molecule has 2 N–H and O–H groups in total. The lowest BCUT2D eigenvalue weighted by Crippen LogP contribution is -2.50. The number of carboxylic acid groups (broad SMARTS) is 1. The van der Waals surface area contributed by atoms with E-state index < -0.39 is 5.97 Å². The van der Waals surface area contributed by atoms with Crippen molar-refractivity contribution in [1.29, 1.82) is 0 Å². The molecule has 2 atom stereocenters. The zero-order valence-electron chi connectivity index (χ0n) is 20.4. The molecular formula is C28H29FN4O3. The number of aliphatic carboxylic acids is 1. The van der Waals surface area contributed by atoms with Gasteiger partial charge in [-0.2, -0.15) is 5.10 Å². The summed E-state index contributed by atoms with van der Waals surface area (Å²) in [4.78, 5) is 18.3. The van der Waals surface area contributed by atoms with Gasteiger partial charge in [-0.25, -0.2) is 9.37 Å². The number of ether oxygens (including phenoxy) is 1. The summed E-state index contributed by atoms with van der Waals surface area (Å²) < 4.78 is 20.5. The van der Waals surface area contributed by atoms with Crippen molar-refractivity contribution in [1.82, 2.24) is 20.1 Å². The van der Waals surface area contributed by atoms with Gasteiger partial charge in [0.25, 0.3) is 0 Å². The Kier molecular flexibility index (Phi) is 5.44. The number of fused-ring (bicyclic) bond motifs is 2. The van der Waals surface area contributed by atoms with Crippen LogP contribution in [0.4, 0.5) is 4.39 Å². The van der Waals surface area contributed by atoms with Gasteiger partial charge < -0.3 is 9.84 Å². The van der Waals surface area contributed by atoms with Crippen molar-refractivity contribution in [3.63, 3.8) is 0 Å². The highest BCUT2D eigenvalue weighted by atomic mass is 19.1. The van der Waals surface area contributed by atoms with Crippen molar-refractivity contribution in [3.8, 4) is 17.0 Å². The molecule has 1 saturated heterocycles. The van der Waals surface area contributed by atoms with E-state index in [0.29, 0.717) is 5.88 Å². The maximum atomic E-state index is 13.8. The number of halogens is 1. The third kappa shape index (κ3) is 3.80. The molecule has 4 aromatic rings. The summed E-state index contributed by atoms with van der Waals surface area (Å²) in [7, 11) is 0. The van der Waals surface area contributed by atoms with Crippen molar-refractivity contribution in [2.24, 2.45) is 5.41 Å². The number of hydrogen-bond donors (Lipinski definition) is 2. The van der Waals surface area contributed by atoms with E-state index in [0.717, 1.165) is 70.8 Å².